The number of nitrogens with one attached hydrogen (secondary N) is 2. The van der Waals surface area contributed by atoms with Gasteiger partial charge in [-0.25, -0.2) is 0 Å². The second kappa shape index (κ2) is 14.4. The minimum Gasteiger partial charge on any atom is -0.494 e. The number of hydrogen-bond acceptors (Lipinski definition) is 7. The Labute approximate surface area is 275 Å². The van der Waals surface area contributed by atoms with E-state index in [1.165, 1.54) is 0 Å². The number of halogens is 1. The van der Waals surface area contributed by atoms with E-state index in [1.54, 1.807) is 0 Å². The molecule has 3 aromatic carbocycles. The average molecular weight is 659 g/mol. The van der Waals surface area contributed by atoms with Gasteiger partial charge in [0.05, 0.1) is 24.4 Å². The zero-order chi connectivity index (χ0) is 32.8. The number of anilines is 1. The molecular weight excluding hydrogens is 620 g/mol. The van der Waals surface area contributed by atoms with Crippen molar-refractivity contribution in [3.05, 3.63) is 94.5 Å². The predicted octanol–water partition coefficient (Wildman–Crippen LogP) is 5.24. The zero-order valence-corrected chi connectivity index (χ0v) is 28.3. The number of rotatable bonds is 12. The number of fused-ring (bicyclic) bond motifs is 3. The summed E-state index contributed by atoms with van der Waals surface area (Å²) in [4.78, 5) is 40.6. The molecule has 10 nitrogen and oxygen atoms in total. The summed E-state index contributed by atoms with van der Waals surface area (Å²) < 4.78 is 8.10. The fourth-order valence-electron chi connectivity index (χ4n) is 5.35. The van der Waals surface area contributed by atoms with E-state index in [0.717, 1.165) is 22.0 Å². The Hall–Kier alpha value is -4.32. The molecule has 5 rings (SSSR count). The summed E-state index contributed by atoms with van der Waals surface area (Å²) in [5.41, 5.74) is 3.92. The highest BCUT2D eigenvalue weighted by Crippen LogP contribution is 2.34. The van der Waals surface area contributed by atoms with E-state index in [1.807, 2.05) is 98.2 Å². The van der Waals surface area contributed by atoms with Gasteiger partial charge in [0.1, 0.15) is 17.6 Å². The van der Waals surface area contributed by atoms with Crippen molar-refractivity contribution in [1.82, 2.24) is 20.1 Å². The van der Waals surface area contributed by atoms with E-state index in [4.69, 9.17) is 21.3 Å². The molecule has 0 radical (unpaired) electrons. The van der Waals surface area contributed by atoms with E-state index in [-0.39, 0.29) is 18.2 Å². The van der Waals surface area contributed by atoms with Gasteiger partial charge in [0, 0.05) is 34.8 Å². The van der Waals surface area contributed by atoms with Crippen LogP contribution >= 0.6 is 11.6 Å². The summed E-state index contributed by atoms with van der Waals surface area (Å²) in [7, 11) is -2.37. The van der Waals surface area contributed by atoms with Gasteiger partial charge in [0.25, 0.3) is 0 Å². The van der Waals surface area contributed by atoms with E-state index >= 15 is 0 Å². The van der Waals surface area contributed by atoms with Crippen LogP contribution in [0.15, 0.2) is 71.7 Å². The van der Waals surface area contributed by atoms with Crippen molar-refractivity contribution < 1.29 is 19.1 Å². The Morgan fingerprint density at radius 3 is 2.43 bits per heavy atom. The van der Waals surface area contributed by atoms with Gasteiger partial charge in [-0.05, 0) is 87.4 Å². The molecule has 2 amide bonds. The third kappa shape index (κ3) is 7.90. The summed E-state index contributed by atoms with van der Waals surface area (Å²) in [6, 6.07) is 20.1. The minimum atomic E-state index is -2.37. The van der Waals surface area contributed by atoms with Crippen LogP contribution in [0.2, 0.25) is 18.1 Å². The third-order valence-electron chi connectivity index (χ3n) is 7.71. The normalized spacial score (nSPS) is 14.0. The van der Waals surface area contributed by atoms with Crippen LogP contribution < -0.4 is 20.6 Å². The number of hydrogen-bond donors (Lipinski definition) is 3. The maximum atomic E-state index is 12.7. The zero-order valence-electron chi connectivity index (χ0n) is 26.5. The van der Waals surface area contributed by atoms with Gasteiger partial charge in [-0.3, -0.25) is 19.1 Å². The van der Waals surface area contributed by atoms with Crippen LogP contribution in [0.3, 0.4) is 0 Å². The largest absolute Gasteiger partial charge is 0.494 e. The van der Waals surface area contributed by atoms with Gasteiger partial charge in [-0.2, -0.15) is 0 Å². The Bertz CT molecular complexity index is 1730. The molecule has 46 heavy (non-hydrogen) atoms. The number of carbonyl (C=O) groups is 2. The van der Waals surface area contributed by atoms with Crippen LogP contribution in [0.1, 0.15) is 61.4 Å². The van der Waals surface area contributed by atoms with Crippen molar-refractivity contribution in [2.75, 3.05) is 18.5 Å². The highest BCUT2D eigenvalue weighted by Gasteiger charge is 2.30. The number of aromatic nitrogens is 3. The summed E-state index contributed by atoms with van der Waals surface area (Å²) in [5, 5.41) is 16.1. The van der Waals surface area contributed by atoms with Crippen molar-refractivity contribution in [2.24, 2.45) is 4.99 Å². The lowest BCUT2D eigenvalue weighted by atomic mass is 10.00. The quantitative estimate of drug-likeness (QED) is 0.141. The lowest BCUT2D eigenvalue weighted by Gasteiger charge is -2.15. The number of nitrogens with zero attached hydrogens (tertiary/aromatic N) is 4. The Morgan fingerprint density at radius 2 is 1.74 bits per heavy atom. The molecule has 3 N–H and O–H groups in total. The maximum Gasteiger partial charge on any atom is 0.224 e. The molecule has 240 valence electrons. The lowest BCUT2D eigenvalue weighted by molar-refractivity contribution is -0.121. The first-order valence-corrected chi connectivity index (χ1v) is 18.8. The second-order valence-corrected chi connectivity index (χ2v) is 15.9. The minimum absolute atomic E-state index is 0.0654. The van der Waals surface area contributed by atoms with Crippen molar-refractivity contribution in [3.8, 4) is 11.4 Å². The van der Waals surface area contributed by atoms with Crippen molar-refractivity contribution in [3.63, 3.8) is 0 Å². The lowest BCUT2D eigenvalue weighted by Crippen LogP contribution is -2.41. The number of ether oxygens (including phenoxy) is 1. The Kier molecular flexibility index (Phi) is 10.3. The van der Waals surface area contributed by atoms with Gasteiger partial charge in [-0.15, -0.1) is 10.2 Å². The van der Waals surface area contributed by atoms with E-state index in [2.05, 4.69) is 20.8 Å². The van der Waals surface area contributed by atoms with Crippen molar-refractivity contribution in [2.45, 2.75) is 58.7 Å². The van der Waals surface area contributed by atoms with Crippen LogP contribution in [0.25, 0.3) is 5.69 Å². The predicted molar refractivity (Wildman–Crippen MR) is 183 cm³/mol. The fraction of sp³-hybridized carbons (Fsp3) is 0.324. The molecule has 0 aliphatic carbocycles. The molecule has 1 aliphatic rings. The van der Waals surface area contributed by atoms with Crippen molar-refractivity contribution in [1.29, 1.82) is 0 Å². The molecular formula is C34H39ClN6O4Si. The first-order valence-electron chi connectivity index (χ1n) is 15.5. The number of aryl methyl sites for hydroxylation is 1. The number of amides is 2. The van der Waals surface area contributed by atoms with Gasteiger partial charge in [0.15, 0.2) is 5.82 Å². The van der Waals surface area contributed by atoms with E-state index in [9.17, 15) is 14.4 Å². The number of aliphatic imine (C=N–C) groups is 1. The van der Waals surface area contributed by atoms with Crippen LogP contribution in [0.4, 0.5) is 5.69 Å². The monoisotopic (exact) mass is 658 g/mol. The second-order valence-electron chi connectivity index (χ2n) is 11.8. The first kappa shape index (κ1) is 33.1. The van der Waals surface area contributed by atoms with Crippen molar-refractivity contribution >= 4 is 48.3 Å². The molecule has 4 aromatic rings. The number of carbonyl (C=O) groups excluding carboxylic acids is 2. The first-order chi connectivity index (χ1) is 22.0. The van der Waals surface area contributed by atoms with E-state index < -0.39 is 14.4 Å². The smallest absolute Gasteiger partial charge is 0.224 e. The maximum absolute atomic E-state index is 12.7. The van der Waals surface area contributed by atoms with Crippen LogP contribution in [0.5, 0.6) is 5.75 Å². The van der Waals surface area contributed by atoms with Gasteiger partial charge in [-0.1, -0.05) is 35.9 Å². The molecule has 0 saturated carbocycles. The summed E-state index contributed by atoms with van der Waals surface area (Å²) >= 11 is 6.21. The SMILES string of the molecule is CCNC(=O)C[C@@H]1N=C(c2ccc(Cl)cc2)c2cc(OCCCCC(=O)Nc3ccc([Si](C)(C)O)cc3)ccc2-n2c(C)nnc21. The summed E-state index contributed by atoms with van der Waals surface area (Å²) in [6.07, 6.45) is 1.84. The topological polar surface area (TPSA) is 131 Å². The molecule has 0 saturated heterocycles. The van der Waals surface area contributed by atoms with Crippen LogP contribution in [0, 0.1) is 6.92 Å². The fourth-order valence-corrected chi connectivity index (χ4v) is 6.46. The van der Waals surface area contributed by atoms with E-state index in [0.29, 0.717) is 66.2 Å². The molecule has 1 aliphatic heterocycles. The molecule has 0 unspecified atom stereocenters. The highest BCUT2D eigenvalue weighted by atomic mass is 35.5. The standard InChI is InChI=1S/C34H39ClN6O4Si/c1-5-36-32(43)21-29-34-40-39-22(2)41(34)30-18-15-26(20-28(30)33(38-29)23-9-11-24(35)12-10-23)45-19-7-6-8-31(42)37-25-13-16-27(17-14-25)46(3,4)44/h9-18,20,29,44H,5-8,19,21H2,1-4H3,(H,36,43)(H,37,42)/t29-/m0/s1. The molecule has 1 aromatic heterocycles. The Balaban J connectivity index is 1.30. The molecule has 2 heterocycles. The average Bonchev–Trinajstić information content (AvgIpc) is 3.34. The highest BCUT2D eigenvalue weighted by molar-refractivity contribution is 6.83. The molecule has 1 atom stereocenters. The Morgan fingerprint density at radius 1 is 1.00 bits per heavy atom. The van der Waals surface area contributed by atoms with Gasteiger partial charge >= 0.3 is 0 Å². The van der Waals surface area contributed by atoms with Crippen LogP contribution in [-0.4, -0.2) is 58.6 Å². The number of benzene rings is 3. The third-order valence-corrected chi connectivity index (χ3v) is 9.71. The molecule has 0 spiro atoms. The molecule has 0 fully saturated rings. The molecule has 0 bridgehead atoms. The van der Waals surface area contributed by atoms with Gasteiger partial charge in [0.2, 0.25) is 20.1 Å². The number of unbranched alkanes of at least 4 members (excludes halogenated alkanes) is 1. The van der Waals surface area contributed by atoms with Gasteiger partial charge < -0.3 is 20.2 Å². The summed E-state index contributed by atoms with van der Waals surface area (Å²) in [5.74, 6) is 1.76. The molecule has 12 heteroatoms. The van der Waals surface area contributed by atoms with Crippen LogP contribution in [-0.2, 0) is 9.59 Å². The summed E-state index contributed by atoms with van der Waals surface area (Å²) in [6.45, 7) is 8.44.